The molecule has 0 aliphatic rings. The maximum Gasteiger partial charge on any atom is 0.139 e. The molecule has 0 aliphatic heterocycles. The summed E-state index contributed by atoms with van der Waals surface area (Å²) in [6.45, 7) is 1.77. The Morgan fingerprint density at radius 1 is 1.50 bits per heavy atom. The first-order chi connectivity index (χ1) is 6.60. The second-order valence-electron chi connectivity index (χ2n) is 3.16. The van der Waals surface area contributed by atoms with E-state index in [4.69, 9.17) is 22.4 Å². The van der Waals surface area contributed by atoms with Gasteiger partial charge in [-0.1, -0.05) is 24.6 Å². The SMILES string of the molecule is CCc1cc(Cl)c(O)c([C@H](N)CO)c1. The number of phenolic OH excluding ortho intramolecular Hbond substituents is 1. The van der Waals surface area contributed by atoms with Gasteiger partial charge in [0.2, 0.25) is 0 Å². The third kappa shape index (κ3) is 2.18. The number of hydrogen-bond acceptors (Lipinski definition) is 3. The average Bonchev–Trinajstić information content (AvgIpc) is 2.20. The number of aryl methyl sites for hydroxylation is 1. The van der Waals surface area contributed by atoms with E-state index in [2.05, 4.69) is 0 Å². The standard InChI is InChI=1S/C10H14ClNO2/c1-2-6-3-7(9(12)5-13)10(14)8(11)4-6/h3-4,9,13-14H,2,5,12H2,1H3/t9-/m1/s1. The van der Waals surface area contributed by atoms with Crippen LogP contribution in [0.25, 0.3) is 0 Å². The van der Waals surface area contributed by atoms with Crippen molar-refractivity contribution in [3.63, 3.8) is 0 Å². The van der Waals surface area contributed by atoms with Gasteiger partial charge in [-0.15, -0.1) is 0 Å². The van der Waals surface area contributed by atoms with Crippen LogP contribution in [0.2, 0.25) is 5.02 Å². The van der Waals surface area contributed by atoms with Crippen molar-refractivity contribution < 1.29 is 10.2 Å². The maximum atomic E-state index is 9.60. The number of nitrogens with two attached hydrogens (primary N) is 1. The van der Waals surface area contributed by atoms with Crippen LogP contribution in [-0.2, 0) is 6.42 Å². The van der Waals surface area contributed by atoms with Gasteiger partial charge in [0.1, 0.15) is 5.75 Å². The molecular formula is C10H14ClNO2. The minimum Gasteiger partial charge on any atom is -0.506 e. The summed E-state index contributed by atoms with van der Waals surface area (Å²) in [6.07, 6.45) is 0.811. The Morgan fingerprint density at radius 3 is 2.64 bits per heavy atom. The van der Waals surface area contributed by atoms with Gasteiger partial charge in [0.25, 0.3) is 0 Å². The van der Waals surface area contributed by atoms with Crippen LogP contribution in [0, 0.1) is 0 Å². The molecule has 0 saturated heterocycles. The van der Waals surface area contributed by atoms with E-state index in [9.17, 15) is 5.11 Å². The lowest BCUT2D eigenvalue weighted by atomic mass is 10.0. The fourth-order valence-corrected chi connectivity index (χ4v) is 1.51. The number of phenols is 1. The van der Waals surface area contributed by atoms with Crippen molar-refractivity contribution in [3.05, 3.63) is 28.3 Å². The molecular weight excluding hydrogens is 202 g/mol. The number of aliphatic hydroxyl groups excluding tert-OH is 1. The average molecular weight is 216 g/mol. The third-order valence-corrected chi connectivity index (χ3v) is 2.45. The molecule has 0 saturated carbocycles. The first-order valence-electron chi connectivity index (χ1n) is 4.47. The highest BCUT2D eigenvalue weighted by Crippen LogP contribution is 2.32. The van der Waals surface area contributed by atoms with Crippen molar-refractivity contribution in [3.8, 4) is 5.75 Å². The van der Waals surface area contributed by atoms with Crippen LogP contribution in [0.1, 0.15) is 24.1 Å². The quantitative estimate of drug-likeness (QED) is 0.718. The summed E-state index contributed by atoms with van der Waals surface area (Å²) in [4.78, 5) is 0. The smallest absolute Gasteiger partial charge is 0.139 e. The molecule has 0 aromatic heterocycles. The van der Waals surface area contributed by atoms with Crippen LogP contribution in [0.3, 0.4) is 0 Å². The maximum absolute atomic E-state index is 9.60. The molecule has 0 spiro atoms. The summed E-state index contributed by atoms with van der Waals surface area (Å²) in [5.41, 5.74) is 7.11. The molecule has 1 atom stereocenters. The summed E-state index contributed by atoms with van der Waals surface area (Å²) in [5, 5.41) is 18.8. The predicted octanol–water partition coefficient (Wildman–Crippen LogP) is 1.60. The molecule has 4 N–H and O–H groups in total. The summed E-state index contributed by atoms with van der Waals surface area (Å²) in [6, 6.07) is 2.88. The highest BCUT2D eigenvalue weighted by atomic mass is 35.5. The summed E-state index contributed by atoms with van der Waals surface area (Å²) >= 11 is 5.81. The molecule has 0 unspecified atom stereocenters. The molecule has 0 aliphatic carbocycles. The van der Waals surface area contributed by atoms with Gasteiger partial charge in [0, 0.05) is 5.56 Å². The molecule has 0 bridgehead atoms. The minimum absolute atomic E-state index is 0.0367. The molecule has 1 rings (SSSR count). The number of halogens is 1. The van der Waals surface area contributed by atoms with Crippen molar-refractivity contribution >= 4 is 11.6 Å². The van der Waals surface area contributed by atoms with Crippen molar-refractivity contribution in [2.75, 3.05) is 6.61 Å². The van der Waals surface area contributed by atoms with Gasteiger partial charge in [-0.05, 0) is 18.1 Å². The zero-order chi connectivity index (χ0) is 10.7. The lowest BCUT2D eigenvalue weighted by molar-refractivity contribution is 0.265. The molecule has 3 nitrogen and oxygen atoms in total. The number of hydrogen-bond donors (Lipinski definition) is 3. The fourth-order valence-electron chi connectivity index (χ4n) is 1.26. The Hall–Kier alpha value is -0.770. The third-order valence-electron chi connectivity index (χ3n) is 2.16. The summed E-state index contributed by atoms with van der Waals surface area (Å²) in [7, 11) is 0. The van der Waals surface area contributed by atoms with Gasteiger partial charge < -0.3 is 15.9 Å². The molecule has 4 heteroatoms. The van der Waals surface area contributed by atoms with E-state index in [1.54, 1.807) is 12.1 Å². The molecule has 14 heavy (non-hydrogen) atoms. The van der Waals surface area contributed by atoms with E-state index < -0.39 is 6.04 Å². The first kappa shape index (κ1) is 11.3. The van der Waals surface area contributed by atoms with E-state index in [1.807, 2.05) is 6.92 Å². The Morgan fingerprint density at radius 2 is 2.14 bits per heavy atom. The zero-order valence-electron chi connectivity index (χ0n) is 8.00. The van der Waals surface area contributed by atoms with Crippen LogP contribution in [0.5, 0.6) is 5.75 Å². The highest BCUT2D eigenvalue weighted by Gasteiger charge is 2.13. The molecule has 1 aromatic rings. The van der Waals surface area contributed by atoms with Gasteiger partial charge in [-0.25, -0.2) is 0 Å². The van der Waals surface area contributed by atoms with Crippen LogP contribution in [-0.4, -0.2) is 16.8 Å². The predicted molar refractivity (Wildman–Crippen MR) is 56.5 cm³/mol. The second kappa shape index (κ2) is 4.64. The normalized spacial score (nSPS) is 12.9. The van der Waals surface area contributed by atoms with Crippen LogP contribution < -0.4 is 5.73 Å². The van der Waals surface area contributed by atoms with E-state index in [-0.39, 0.29) is 17.4 Å². The van der Waals surface area contributed by atoms with Crippen LogP contribution in [0.4, 0.5) is 0 Å². The van der Waals surface area contributed by atoms with E-state index in [0.29, 0.717) is 5.56 Å². The lowest BCUT2D eigenvalue weighted by Crippen LogP contribution is -2.15. The summed E-state index contributed by atoms with van der Waals surface area (Å²) in [5.74, 6) is -0.0367. The Kier molecular flexibility index (Phi) is 3.75. The molecule has 0 amide bonds. The van der Waals surface area contributed by atoms with Crippen molar-refractivity contribution in [1.29, 1.82) is 0 Å². The fraction of sp³-hybridized carbons (Fsp3) is 0.400. The number of aliphatic hydroxyl groups is 1. The highest BCUT2D eigenvalue weighted by molar-refractivity contribution is 6.32. The van der Waals surface area contributed by atoms with E-state index in [0.717, 1.165) is 12.0 Å². The van der Waals surface area contributed by atoms with Crippen molar-refractivity contribution in [1.82, 2.24) is 0 Å². The summed E-state index contributed by atoms with van der Waals surface area (Å²) < 4.78 is 0. The molecule has 0 radical (unpaired) electrons. The second-order valence-corrected chi connectivity index (χ2v) is 3.57. The van der Waals surface area contributed by atoms with Crippen molar-refractivity contribution in [2.24, 2.45) is 5.73 Å². The number of benzene rings is 1. The lowest BCUT2D eigenvalue weighted by Gasteiger charge is -2.13. The van der Waals surface area contributed by atoms with Crippen LogP contribution >= 0.6 is 11.6 Å². The van der Waals surface area contributed by atoms with E-state index in [1.165, 1.54) is 0 Å². The van der Waals surface area contributed by atoms with Crippen molar-refractivity contribution in [2.45, 2.75) is 19.4 Å². The number of rotatable bonds is 3. The monoisotopic (exact) mass is 215 g/mol. The van der Waals surface area contributed by atoms with E-state index >= 15 is 0 Å². The Balaban J connectivity index is 3.20. The van der Waals surface area contributed by atoms with Gasteiger partial charge in [-0.2, -0.15) is 0 Å². The van der Waals surface area contributed by atoms with Gasteiger partial charge in [0.15, 0.2) is 0 Å². The topological polar surface area (TPSA) is 66.5 Å². The molecule has 0 fully saturated rings. The largest absolute Gasteiger partial charge is 0.506 e. The Labute approximate surface area is 88.1 Å². The van der Waals surface area contributed by atoms with Gasteiger partial charge in [-0.3, -0.25) is 0 Å². The number of aromatic hydroxyl groups is 1. The zero-order valence-corrected chi connectivity index (χ0v) is 8.75. The molecule has 78 valence electrons. The molecule has 1 aromatic carbocycles. The molecule has 0 heterocycles. The van der Waals surface area contributed by atoms with Gasteiger partial charge >= 0.3 is 0 Å². The van der Waals surface area contributed by atoms with Gasteiger partial charge in [0.05, 0.1) is 17.7 Å². The Bertz CT molecular complexity index is 328. The first-order valence-corrected chi connectivity index (χ1v) is 4.85. The van der Waals surface area contributed by atoms with Crippen LogP contribution in [0.15, 0.2) is 12.1 Å². The minimum atomic E-state index is -0.584.